The predicted molar refractivity (Wildman–Crippen MR) is 154 cm³/mol. The number of ether oxygens (including phenoxy) is 2. The maximum Gasteiger partial charge on any atom is 0.341 e. The van der Waals surface area contributed by atoms with Crippen LogP contribution >= 0.6 is 0 Å². The largest absolute Gasteiger partial charge is 0.507 e. The molecule has 0 saturated heterocycles. The van der Waals surface area contributed by atoms with Gasteiger partial charge in [0.05, 0.1) is 13.7 Å². The smallest absolute Gasteiger partial charge is 0.341 e. The molecule has 0 spiro atoms. The second-order valence-corrected chi connectivity index (χ2v) is 9.81. The lowest BCUT2D eigenvalue weighted by molar-refractivity contribution is 0.0597. The number of aryl methyl sites for hydroxylation is 1. The first kappa shape index (κ1) is 30.1. The van der Waals surface area contributed by atoms with Crippen LogP contribution in [-0.4, -0.2) is 55.2 Å². The zero-order valence-corrected chi connectivity index (χ0v) is 23.0. The Morgan fingerprint density at radius 1 is 0.769 bits per heavy atom. The van der Waals surface area contributed by atoms with Gasteiger partial charge in [-0.2, -0.15) is 0 Å². The highest BCUT2D eigenvalue weighted by Gasteiger charge is 2.18. The van der Waals surface area contributed by atoms with E-state index < -0.39 is 5.97 Å². The third-order valence-electron chi connectivity index (χ3n) is 6.70. The zero-order valence-electron chi connectivity index (χ0n) is 23.0. The number of carbonyl (C=O) groups is 2. The number of unbranched alkanes of at least 4 members (excludes halogenated alkanes) is 4. The van der Waals surface area contributed by atoms with E-state index in [1.165, 1.54) is 24.8 Å². The van der Waals surface area contributed by atoms with E-state index in [9.17, 15) is 14.7 Å². The van der Waals surface area contributed by atoms with Crippen LogP contribution in [0, 0.1) is 0 Å². The van der Waals surface area contributed by atoms with Crippen LogP contribution in [0.5, 0.6) is 5.75 Å². The number of carbonyl (C=O) groups excluding carboxylic acids is 2. The Morgan fingerprint density at radius 2 is 1.41 bits per heavy atom. The van der Waals surface area contributed by atoms with Crippen LogP contribution in [-0.2, 0) is 22.4 Å². The van der Waals surface area contributed by atoms with Crippen molar-refractivity contribution in [3.63, 3.8) is 0 Å². The van der Waals surface area contributed by atoms with Crippen molar-refractivity contribution < 1.29 is 24.2 Å². The van der Waals surface area contributed by atoms with Gasteiger partial charge in [0, 0.05) is 25.3 Å². The van der Waals surface area contributed by atoms with Crippen LogP contribution in [0.3, 0.4) is 0 Å². The number of nitrogens with zero attached hydrogens (tertiary/aromatic N) is 1. The molecule has 0 aliphatic carbocycles. The predicted octanol–water partition coefficient (Wildman–Crippen LogP) is 6.46. The molecule has 0 radical (unpaired) electrons. The van der Waals surface area contributed by atoms with Crippen LogP contribution in [0.1, 0.15) is 70.4 Å². The Morgan fingerprint density at radius 3 is 2.10 bits per heavy atom. The van der Waals surface area contributed by atoms with Crippen LogP contribution < -0.4 is 0 Å². The maximum absolute atomic E-state index is 13.1. The van der Waals surface area contributed by atoms with Gasteiger partial charge in [0.2, 0.25) is 0 Å². The molecular weight excluding hydrogens is 490 g/mol. The van der Waals surface area contributed by atoms with E-state index in [1.807, 2.05) is 24.3 Å². The number of benzene rings is 3. The molecule has 39 heavy (non-hydrogen) atoms. The van der Waals surface area contributed by atoms with Crippen LogP contribution in [0.25, 0.3) is 0 Å². The Bertz CT molecular complexity index is 1130. The zero-order chi connectivity index (χ0) is 27.7. The van der Waals surface area contributed by atoms with E-state index in [0.29, 0.717) is 12.1 Å². The topological polar surface area (TPSA) is 76.1 Å². The molecule has 0 fully saturated rings. The fourth-order valence-electron chi connectivity index (χ4n) is 4.51. The molecule has 208 valence electrons. The summed E-state index contributed by atoms with van der Waals surface area (Å²) in [4.78, 5) is 27.2. The summed E-state index contributed by atoms with van der Waals surface area (Å²) in [5, 5.41) is 9.97. The second-order valence-electron chi connectivity index (χ2n) is 9.81. The van der Waals surface area contributed by atoms with Gasteiger partial charge in [-0.25, -0.2) is 4.79 Å². The van der Waals surface area contributed by atoms with Gasteiger partial charge in [0.1, 0.15) is 11.3 Å². The quantitative estimate of drug-likeness (QED) is 0.115. The lowest BCUT2D eigenvalue weighted by Crippen LogP contribution is -2.30. The highest BCUT2D eigenvalue weighted by atomic mass is 16.5. The molecule has 0 aliphatic rings. The maximum atomic E-state index is 13.1. The van der Waals surface area contributed by atoms with Crippen LogP contribution in [0.15, 0.2) is 78.9 Å². The highest BCUT2D eigenvalue weighted by Crippen LogP contribution is 2.20. The van der Waals surface area contributed by atoms with Crippen molar-refractivity contribution in [3.05, 3.63) is 101 Å². The first-order valence-corrected chi connectivity index (χ1v) is 13.9. The van der Waals surface area contributed by atoms with Gasteiger partial charge in [-0.15, -0.1) is 0 Å². The summed E-state index contributed by atoms with van der Waals surface area (Å²) in [6, 6.07) is 25.0. The van der Waals surface area contributed by atoms with Crippen molar-refractivity contribution in [3.8, 4) is 5.75 Å². The molecular formula is C33H41NO5. The number of methoxy groups -OCH3 is 1. The van der Waals surface area contributed by atoms with Crippen LogP contribution in [0.4, 0.5) is 0 Å². The number of hydrogen-bond acceptors (Lipinski definition) is 6. The number of aromatic hydroxyl groups is 1. The molecule has 0 atom stereocenters. The normalized spacial score (nSPS) is 11.0. The van der Waals surface area contributed by atoms with E-state index in [-0.39, 0.29) is 23.6 Å². The van der Waals surface area contributed by atoms with Gasteiger partial charge < -0.3 is 14.6 Å². The van der Waals surface area contributed by atoms with Crippen molar-refractivity contribution in [2.45, 2.75) is 51.5 Å². The third kappa shape index (κ3) is 11.0. The minimum Gasteiger partial charge on any atom is -0.507 e. The SMILES string of the molecule is COC(=O)c1cc(C(=O)CN(CCCCCCOCCCCc2ccccc2)Cc2ccccc2)ccc1O. The lowest BCUT2D eigenvalue weighted by atomic mass is 10.1. The molecule has 0 bridgehead atoms. The minimum atomic E-state index is -0.667. The van der Waals surface area contributed by atoms with Crippen LogP contribution in [0.2, 0.25) is 0 Å². The minimum absolute atomic E-state index is 0.00336. The van der Waals surface area contributed by atoms with Crippen molar-refractivity contribution in [1.82, 2.24) is 4.90 Å². The van der Waals surface area contributed by atoms with Gasteiger partial charge in [0.15, 0.2) is 5.78 Å². The molecule has 0 saturated carbocycles. The molecule has 6 nitrogen and oxygen atoms in total. The summed E-state index contributed by atoms with van der Waals surface area (Å²) >= 11 is 0. The number of hydrogen-bond donors (Lipinski definition) is 1. The summed E-state index contributed by atoms with van der Waals surface area (Å²) in [6.07, 6.45) is 7.53. The molecule has 0 aromatic heterocycles. The summed E-state index contributed by atoms with van der Waals surface area (Å²) in [5.74, 6) is -0.966. The molecule has 6 heteroatoms. The monoisotopic (exact) mass is 531 g/mol. The van der Waals surface area contributed by atoms with Gasteiger partial charge >= 0.3 is 5.97 Å². The van der Waals surface area contributed by atoms with E-state index in [2.05, 4.69) is 41.3 Å². The van der Waals surface area contributed by atoms with E-state index in [0.717, 1.165) is 70.3 Å². The Kier molecular flexibility index (Phi) is 13.2. The Hall–Kier alpha value is -3.48. The third-order valence-corrected chi connectivity index (χ3v) is 6.70. The fraction of sp³-hybridized carbons (Fsp3) is 0.394. The van der Waals surface area contributed by atoms with Crippen molar-refractivity contribution in [2.75, 3.05) is 33.4 Å². The summed E-state index contributed by atoms with van der Waals surface area (Å²) in [7, 11) is 1.25. The molecule has 0 amide bonds. The van der Waals surface area contributed by atoms with E-state index in [4.69, 9.17) is 9.47 Å². The summed E-state index contributed by atoms with van der Waals surface area (Å²) < 4.78 is 10.5. The van der Waals surface area contributed by atoms with Gasteiger partial charge in [-0.05, 0) is 68.0 Å². The van der Waals surface area contributed by atoms with Gasteiger partial charge in [-0.1, -0.05) is 73.5 Å². The standard InChI is InChI=1S/C33H41NO5/c1-38-33(37)30-24-29(19-20-31(30)35)32(36)26-34(25-28-17-8-5-9-18-28)21-11-2-3-12-22-39-23-13-10-16-27-14-6-4-7-15-27/h4-9,14-15,17-20,24,35H,2-3,10-13,16,21-23,25-26H2,1H3. The second kappa shape index (κ2) is 17.2. The summed E-state index contributed by atoms with van der Waals surface area (Å²) in [6.45, 7) is 3.30. The number of ketones is 1. The average Bonchev–Trinajstić information content (AvgIpc) is 2.96. The molecule has 3 aromatic rings. The first-order chi connectivity index (χ1) is 19.1. The molecule has 0 aliphatic heterocycles. The number of Topliss-reactive ketones (excluding diaryl/α,β-unsaturated/α-hetero) is 1. The van der Waals surface area contributed by atoms with E-state index in [1.54, 1.807) is 6.07 Å². The van der Waals surface area contributed by atoms with Crippen molar-refractivity contribution in [2.24, 2.45) is 0 Å². The number of phenolic OH excluding ortho intramolecular Hbond substituents is 1. The summed E-state index contributed by atoms with van der Waals surface area (Å²) in [5.41, 5.74) is 2.91. The Balaban J connectivity index is 1.38. The number of phenols is 1. The fourth-order valence-corrected chi connectivity index (χ4v) is 4.51. The molecule has 3 rings (SSSR count). The first-order valence-electron chi connectivity index (χ1n) is 13.9. The molecule has 0 heterocycles. The molecule has 1 N–H and O–H groups in total. The number of esters is 1. The van der Waals surface area contributed by atoms with Gasteiger partial charge in [0.25, 0.3) is 0 Å². The van der Waals surface area contributed by atoms with Crippen molar-refractivity contribution >= 4 is 11.8 Å². The molecule has 3 aromatic carbocycles. The average molecular weight is 532 g/mol. The Labute approximate surface area is 232 Å². The highest BCUT2D eigenvalue weighted by molar-refractivity contribution is 6.01. The number of rotatable bonds is 18. The molecule has 0 unspecified atom stereocenters. The van der Waals surface area contributed by atoms with Gasteiger partial charge in [-0.3, -0.25) is 9.69 Å². The van der Waals surface area contributed by atoms with Crippen molar-refractivity contribution in [1.29, 1.82) is 0 Å². The lowest BCUT2D eigenvalue weighted by Gasteiger charge is -2.22. The van der Waals surface area contributed by atoms with E-state index >= 15 is 0 Å².